The number of halogens is 3. The molecule has 1 aliphatic rings. The van der Waals surface area contributed by atoms with Crippen molar-refractivity contribution in [3.05, 3.63) is 114 Å². The highest BCUT2D eigenvalue weighted by Crippen LogP contribution is 2.41. The predicted molar refractivity (Wildman–Crippen MR) is 136 cm³/mol. The number of rotatable bonds is 5. The van der Waals surface area contributed by atoms with Crippen LogP contribution in [0.4, 0.5) is 5.69 Å². The normalized spacial score (nSPS) is 12.7. The smallest absolute Gasteiger partial charge is 0.267 e. The topological polar surface area (TPSA) is 81.5 Å². The molecular weight excluding hydrogens is 557 g/mol. The van der Waals surface area contributed by atoms with E-state index in [1.165, 1.54) is 28.9 Å². The summed E-state index contributed by atoms with van der Waals surface area (Å²) in [4.78, 5) is 39.0. The van der Waals surface area contributed by atoms with E-state index < -0.39 is 11.8 Å². The van der Waals surface area contributed by atoms with Crippen LogP contribution in [-0.2, 0) is 6.54 Å². The lowest BCUT2D eigenvalue weighted by molar-refractivity contribution is 0.0926. The van der Waals surface area contributed by atoms with Crippen LogP contribution in [0.15, 0.2) is 82.1 Å². The van der Waals surface area contributed by atoms with Gasteiger partial charge in [0.25, 0.3) is 17.4 Å². The number of anilines is 1. The van der Waals surface area contributed by atoms with Crippen LogP contribution < -0.4 is 15.2 Å². The number of aromatic nitrogens is 2. The summed E-state index contributed by atoms with van der Waals surface area (Å²) in [5.41, 5.74) is 1.37. The third kappa shape index (κ3) is 4.48. The molecule has 0 bridgehead atoms. The van der Waals surface area contributed by atoms with Crippen molar-refractivity contribution < 1.29 is 14.3 Å². The summed E-state index contributed by atoms with van der Waals surface area (Å²) >= 11 is 16.2. The molecule has 1 aromatic heterocycles. The van der Waals surface area contributed by atoms with E-state index in [9.17, 15) is 14.4 Å². The van der Waals surface area contributed by atoms with Gasteiger partial charge in [0.1, 0.15) is 0 Å². The maximum atomic E-state index is 12.9. The Balaban J connectivity index is 1.44. The van der Waals surface area contributed by atoms with Crippen LogP contribution in [0.1, 0.15) is 26.3 Å². The highest BCUT2D eigenvalue weighted by molar-refractivity contribution is 9.10. The minimum absolute atomic E-state index is 0.0628. The quantitative estimate of drug-likeness (QED) is 0.277. The van der Waals surface area contributed by atoms with E-state index in [0.717, 1.165) is 10.5 Å². The summed E-state index contributed by atoms with van der Waals surface area (Å²) in [6.07, 6.45) is 0. The molecule has 0 fully saturated rings. The van der Waals surface area contributed by atoms with E-state index in [1.54, 1.807) is 18.2 Å². The number of hydrogen-bond acceptors (Lipinski definition) is 5. The minimum Gasteiger partial charge on any atom is -0.434 e. The summed E-state index contributed by atoms with van der Waals surface area (Å²) in [7, 11) is 0. The minimum atomic E-state index is -0.484. The first-order chi connectivity index (χ1) is 16.8. The lowest BCUT2D eigenvalue weighted by Gasteiger charge is -2.17. The van der Waals surface area contributed by atoms with Gasteiger partial charge in [0.2, 0.25) is 5.88 Å². The van der Waals surface area contributed by atoms with E-state index in [-0.39, 0.29) is 50.6 Å². The number of amides is 2. The van der Waals surface area contributed by atoms with Gasteiger partial charge in [-0.3, -0.25) is 14.4 Å². The van der Waals surface area contributed by atoms with E-state index in [2.05, 4.69) is 21.0 Å². The first kappa shape index (κ1) is 23.3. The van der Waals surface area contributed by atoms with Crippen molar-refractivity contribution >= 4 is 56.6 Å². The van der Waals surface area contributed by atoms with Crippen LogP contribution in [0.2, 0.25) is 10.0 Å². The summed E-state index contributed by atoms with van der Waals surface area (Å²) < 4.78 is 7.74. The average molecular weight is 571 g/mol. The molecule has 2 amide bonds. The Morgan fingerprint density at radius 1 is 0.829 bits per heavy atom. The molecule has 7 nitrogen and oxygen atoms in total. The van der Waals surface area contributed by atoms with Gasteiger partial charge < -0.3 is 4.74 Å². The number of carbonyl (C=O) groups is 2. The summed E-state index contributed by atoms with van der Waals surface area (Å²) in [5, 5.41) is 4.37. The molecule has 0 spiro atoms. The monoisotopic (exact) mass is 569 g/mol. The Bertz CT molecular complexity index is 1530. The molecule has 0 unspecified atom stereocenters. The van der Waals surface area contributed by atoms with Crippen molar-refractivity contribution in [3.8, 4) is 11.6 Å². The second-order valence-electron chi connectivity index (χ2n) is 7.63. The molecule has 0 radical (unpaired) electrons. The highest BCUT2D eigenvalue weighted by atomic mass is 79.9. The number of imide groups is 1. The van der Waals surface area contributed by atoms with Gasteiger partial charge in [-0.2, -0.15) is 0 Å². The Hall–Kier alpha value is -3.46. The molecule has 2 heterocycles. The lowest BCUT2D eigenvalue weighted by atomic mass is 10.1. The Morgan fingerprint density at radius 2 is 1.51 bits per heavy atom. The number of fused-ring (bicyclic) bond motifs is 1. The largest absolute Gasteiger partial charge is 0.434 e. The number of ether oxygens (including phenoxy) is 1. The zero-order valence-electron chi connectivity index (χ0n) is 17.7. The molecule has 0 atom stereocenters. The number of benzene rings is 3. The van der Waals surface area contributed by atoms with Crippen molar-refractivity contribution in [2.24, 2.45) is 0 Å². The van der Waals surface area contributed by atoms with E-state index in [0.29, 0.717) is 4.47 Å². The third-order valence-electron chi connectivity index (χ3n) is 5.31. The van der Waals surface area contributed by atoms with E-state index in [4.69, 9.17) is 27.9 Å². The molecule has 0 aliphatic carbocycles. The second-order valence-corrected chi connectivity index (χ2v) is 9.36. The molecule has 0 N–H and O–H groups in total. The average Bonchev–Trinajstić information content (AvgIpc) is 3.08. The molecular formula is C25H14BrCl2N3O4. The lowest BCUT2D eigenvalue weighted by Crippen LogP contribution is -2.29. The van der Waals surface area contributed by atoms with Gasteiger partial charge >= 0.3 is 0 Å². The summed E-state index contributed by atoms with van der Waals surface area (Å²) in [6.45, 7) is 0.257. The standard InChI is InChI=1S/C25H14BrCl2N3O4/c26-15-6-7-17-18(10-15)25(34)31(24(17)33)16-11-19(27)23(20(28)12-16)35-21-8-9-22(32)30(29-21)13-14-4-2-1-3-5-14/h1-12H,13H2. The molecule has 0 saturated heterocycles. The number of carbonyl (C=O) groups excluding carboxylic acids is 2. The Kier molecular flexibility index (Phi) is 6.19. The van der Waals surface area contributed by atoms with Crippen LogP contribution in [0.5, 0.6) is 11.6 Å². The van der Waals surface area contributed by atoms with Crippen LogP contribution in [-0.4, -0.2) is 21.6 Å². The van der Waals surface area contributed by atoms with Crippen molar-refractivity contribution in [2.45, 2.75) is 6.54 Å². The van der Waals surface area contributed by atoms with Crippen LogP contribution in [0.3, 0.4) is 0 Å². The molecule has 35 heavy (non-hydrogen) atoms. The first-order valence-corrected chi connectivity index (χ1v) is 11.8. The molecule has 5 rings (SSSR count). The summed E-state index contributed by atoms with van der Waals surface area (Å²) in [5.74, 6) is -0.786. The Morgan fingerprint density at radius 3 is 2.23 bits per heavy atom. The van der Waals surface area contributed by atoms with Gasteiger partial charge in [-0.1, -0.05) is 69.5 Å². The van der Waals surface area contributed by atoms with Crippen molar-refractivity contribution in [2.75, 3.05) is 4.90 Å². The zero-order chi connectivity index (χ0) is 24.7. The van der Waals surface area contributed by atoms with Crippen molar-refractivity contribution in [1.29, 1.82) is 0 Å². The zero-order valence-corrected chi connectivity index (χ0v) is 20.8. The second kappa shape index (κ2) is 9.30. The molecule has 1 aliphatic heterocycles. The molecule has 3 aromatic carbocycles. The fourth-order valence-electron chi connectivity index (χ4n) is 3.68. The maximum Gasteiger partial charge on any atom is 0.267 e. The fourth-order valence-corrected chi connectivity index (χ4v) is 4.59. The first-order valence-electron chi connectivity index (χ1n) is 10.3. The molecule has 4 aromatic rings. The SMILES string of the molecule is O=C1c2ccc(Br)cc2C(=O)N1c1cc(Cl)c(Oc2ccc(=O)n(Cc3ccccc3)n2)c(Cl)c1. The van der Waals surface area contributed by atoms with Crippen LogP contribution in [0.25, 0.3) is 0 Å². The van der Waals surface area contributed by atoms with Gasteiger partial charge in [0.05, 0.1) is 33.4 Å². The third-order valence-corrected chi connectivity index (χ3v) is 6.37. The van der Waals surface area contributed by atoms with Gasteiger partial charge in [-0.05, 0) is 35.9 Å². The van der Waals surface area contributed by atoms with Crippen LogP contribution >= 0.6 is 39.1 Å². The van der Waals surface area contributed by atoms with E-state index >= 15 is 0 Å². The Labute approximate surface area is 217 Å². The van der Waals surface area contributed by atoms with Gasteiger partial charge in [-0.25, -0.2) is 9.58 Å². The predicted octanol–water partition coefficient (Wildman–Crippen LogP) is 5.95. The van der Waals surface area contributed by atoms with Gasteiger partial charge in [-0.15, -0.1) is 5.10 Å². The van der Waals surface area contributed by atoms with E-state index in [1.807, 2.05) is 30.3 Å². The van der Waals surface area contributed by atoms with Gasteiger partial charge in [0, 0.05) is 16.6 Å². The molecule has 10 heteroatoms. The number of hydrogen-bond donors (Lipinski definition) is 0. The van der Waals surface area contributed by atoms with Crippen molar-refractivity contribution in [1.82, 2.24) is 9.78 Å². The highest BCUT2D eigenvalue weighted by Gasteiger charge is 2.37. The van der Waals surface area contributed by atoms with Crippen molar-refractivity contribution in [3.63, 3.8) is 0 Å². The fraction of sp³-hybridized carbons (Fsp3) is 0.0400. The maximum absolute atomic E-state index is 12.9. The van der Waals surface area contributed by atoms with Gasteiger partial charge in [0.15, 0.2) is 5.75 Å². The number of nitrogens with zero attached hydrogens (tertiary/aromatic N) is 3. The molecule has 0 saturated carbocycles. The van der Waals surface area contributed by atoms with Crippen LogP contribution in [0, 0.1) is 0 Å². The molecule has 174 valence electrons. The summed E-state index contributed by atoms with van der Waals surface area (Å²) in [6, 6.07) is 19.8.